The van der Waals surface area contributed by atoms with Crippen molar-refractivity contribution in [2.75, 3.05) is 14.1 Å². The SMILES string of the molecule is CN(C(=O)C=CC(C)(C)C)[C@H](Cc1ccc2ccccc2c1)C(=O)N(C)[C@H](Cc1ccccc1)c1nnc(C(N)=O)o1. The van der Waals surface area contributed by atoms with Crippen molar-refractivity contribution < 1.29 is 18.8 Å². The minimum absolute atomic E-state index is 0.0783. The van der Waals surface area contributed by atoms with Gasteiger partial charge in [-0.2, -0.15) is 0 Å². The largest absolute Gasteiger partial charge is 0.415 e. The molecule has 0 unspecified atom stereocenters. The van der Waals surface area contributed by atoms with Gasteiger partial charge in [-0.15, -0.1) is 10.2 Å². The van der Waals surface area contributed by atoms with Crippen molar-refractivity contribution in [3.05, 3.63) is 108 Å². The number of aromatic nitrogens is 2. The number of carbonyl (C=O) groups is 3. The number of primary amides is 1. The number of nitrogens with two attached hydrogens (primary N) is 1. The summed E-state index contributed by atoms with van der Waals surface area (Å²) < 4.78 is 5.60. The fourth-order valence-electron chi connectivity index (χ4n) is 4.66. The van der Waals surface area contributed by atoms with Crippen molar-refractivity contribution in [2.45, 2.75) is 45.7 Å². The summed E-state index contributed by atoms with van der Waals surface area (Å²) in [5, 5.41) is 9.95. The Hall–Kier alpha value is -4.79. The number of hydrogen-bond acceptors (Lipinski definition) is 6. The Labute approximate surface area is 246 Å². The van der Waals surface area contributed by atoms with Crippen LogP contribution < -0.4 is 5.73 Å². The molecular formula is C33H37N5O4. The Morgan fingerprint density at radius 3 is 2.17 bits per heavy atom. The number of fused-ring (bicyclic) bond motifs is 1. The van der Waals surface area contributed by atoms with Crippen LogP contribution in [0, 0.1) is 5.41 Å². The Bertz CT molecular complexity index is 1590. The Kier molecular flexibility index (Phi) is 9.20. The average molecular weight is 568 g/mol. The van der Waals surface area contributed by atoms with Crippen molar-refractivity contribution in [1.29, 1.82) is 0 Å². The number of allylic oxidation sites excluding steroid dienone is 1. The molecule has 2 N–H and O–H groups in total. The van der Waals surface area contributed by atoms with E-state index in [0.717, 1.165) is 21.9 Å². The van der Waals surface area contributed by atoms with E-state index in [1.807, 2.05) is 99.6 Å². The third kappa shape index (κ3) is 7.48. The molecule has 0 aliphatic heterocycles. The molecule has 1 aromatic heterocycles. The van der Waals surface area contributed by atoms with Crippen LogP contribution in [-0.2, 0) is 22.4 Å². The number of carbonyl (C=O) groups excluding carboxylic acids is 3. The minimum Gasteiger partial charge on any atom is -0.415 e. The summed E-state index contributed by atoms with van der Waals surface area (Å²) in [5.74, 6) is -1.72. The lowest BCUT2D eigenvalue weighted by Gasteiger charge is -2.33. The molecule has 0 radical (unpaired) electrons. The highest BCUT2D eigenvalue weighted by Crippen LogP contribution is 2.26. The molecule has 2 atom stereocenters. The second kappa shape index (κ2) is 12.8. The molecular weight excluding hydrogens is 530 g/mol. The van der Waals surface area contributed by atoms with Gasteiger partial charge in [0.1, 0.15) is 12.1 Å². The van der Waals surface area contributed by atoms with Crippen LogP contribution in [0.4, 0.5) is 0 Å². The summed E-state index contributed by atoms with van der Waals surface area (Å²) in [6.07, 6.45) is 3.97. The number of likely N-dealkylation sites (N-methyl/N-ethyl adjacent to an activating group) is 2. The molecule has 0 spiro atoms. The molecule has 0 aliphatic rings. The smallest absolute Gasteiger partial charge is 0.306 e. The lowest BCUT2D eigenvalue weighted by atomic mass is 9.96. The Morgan fingerprint density at radius 1 is 0.857 bits per heavy atom. The first-order valence-corrected chi connectivity index (χ1v) is 13.8. The van der Waals surface area contributed by atoms with Crippen molar-refractivity contribution in [3.63, 3.8) is 0 Å². The summed E-state index contributed by atoms with van der Waals surface area (Å²) >= 11 is 0. The zero-order valence-corrected chi connectivity index (χ0v) is 24.7. The van der Waals surface area contributed by atoms with Gasteiger partial charge in [-0.25, -0.2) is 0 Å². The Morgan fingerprint density at radius 2 is 1.52 bits per heavy atom. The van der Waals surface area contributed by atoms with Gasteiger partial charge >= 0.3 is 11.8 Å². The van der Waals surface area contributed by atoms with Crippen LogP contribution in [0.25, 0.3) is 10.8 Å². The highest BCUT2D eigenvalue weighted by molar-refractivity contribution is 5.93. The molecule has 4 rings (SSSR count). The van der Waals surface area contributed by atoms with Crippen molar-refractivity contribution in [1.82, 2.24) is 20.0 Å². The average Bonchev–Trinajstić information content (AvgIpc) is 3.47. The van der Waals surface area contributed by atoms with Gasteiger partial charge in [0.25, 0.3) is 0 Å². The summed E-state index contributed by atoms with van der Waals surface area (Å²) in [5.41, 5.74) is 6.98. The predicted molar refractivity (Wildman–Crippen MR) is 161 cm³/mol. The maximum absolute atomic E-state index is 14.3. The van der Waals surface area contributed by atoms with Gasteiger partial charge in [0.2, 0.25) is 17.7 Å². The highest BCUT2D eigenvalue weighted by atomic mass is 16.4. The highest BCUT2D eigenvalue weighted by Gasteiger charge is 2.35. The van der Waals surface area contributed by atoms with E-state index in [1.165, 1.54) is 15.9 Å². The first-order valence-electron chi connectivity index (χ1n) is 13.8. The van der Waals surface area contributed by atoms with Gasteiger partial charge in [0.15, 0.2) is 0 Å². The maximum Gasteiger partial charge on any atom is 0.306 e. The lowest BCUT2D eigenvalue weighted by Crippen LogP contribution is -2.50. The van der Waals surface area contributed by atoms with E-state index in [2.05, 4.69) is 10.2 Å². The van der Waals surface area contributed by atoms with Crippen LogP contribution in [0.3, 0.4) is 0 Å². The van der Waals surface area contributed by atoms with Crippen LogP contribution in [0.1, 0.15) is 54.5 Å². The summed E-state index contributed by atoms with van der Waals surface area (Å²) in [4.78, 5) is 42.4. The summed E-state index contributed by atoms with van der Waals surface area (Å²) in [6, 6.07) is 22.0. The number of amides is 3. The molecule has 0 saturated heterocycles. The second-order valence-electron chi connectivity index (χ2n) is 11.5. The van der Waals surface area contributed by atoms with E-state index >= 15 is 0 Å². The van der Waals surface area contributed by atoms with E-state index in [9.17, 15) is 14.4 Å². The number of nitrogens with zero attached hydrogens (tertiary/aromatic N) is 4. The summed E-state index contributed by atoms with van der Waals surface area (Å²) in [6.45, 7) is 6.00. The van der Waals surface area contributed by atoms with Crippen molar-refractivity contribution in [2.24, 2.45) is 11.1 Å². The van der Waals surface area contributed by atoms with E-state index < -0.39 is 18.0 Å². The van der Waals surface area contributed by atoms with Gasteiger partial charge in [0.05, 0.1) is 0 Å². The standard InChI is InChI=1S/C33H37N5O4/c1-33(2,3)18-17-28(39)37(4)27(21-23-15-16-24-13-9-10-14-25(24)19-23)32(41)38(5)26(20-22-11-7-6-8-12-22)30-35-36-31(42-30)29(34)40/h6-19,26-27H,20-21H2,1-5H3,(H2,34,40)/t26-,27-/m1/s1. The van der Waals surface area contributed by atoms with Gasteiger partial charge < -0.3 is 20.0 Å². The lowest BCUT2D eigenvalue weighted by molar-refractivity contribution is -0.143. The molecule has 1 heterocycles. The first-order chi connectivity index (χ1) is 19.9. The van der Waals surface area contributed by atoms with Crippen molar-refractivity contribution >= 4 is 28.5 Å². The molecule has 0 bridgehead atoms. The molecule has 9 nitrogen and oxygen atoms in total. The Balaban J connectivity index is 1.71. The van der Waals surface area contributed by atoms with E-state index in [-0.39, 0.29) is 35.4 Å². The van der Waals surface area contributed by atoms with E-state index in [4.69, 9.17) is 10.2 Å². The minimum atomic E-state index is -0.855. The first kappa shape index (κ1) is 30.2. The quantitative estimate of drug-likeness (QED) is 0.276. The third-order valence-corrected chi connectivity index (χ3v) is 7.09. The number of rotatable bonds is 10. The van der Waals surface area contributed by atoms with Crippen LogP contribution in [0.15, 0.2) is 89.4 Å². The van der Waals surface area contributed by atoms with Gasteiger partial charge in [-0.1, -0.05) is 99.6 Å². The molecule has 42 heavy (non-hydrogen) atoms. The van der Waals surface area contributed by atoms with Crippen LogP contribution in [0.2, 0.25) is 0 Å². The molecule has 4 aromatic rings. The van der Waals surface area contributed by atoms with E-state index in [0.29, 0.717) is 6.42 Å². The zero-order valence-electron chi connectivity index (χ0n) is 24.7. The van der Waals surface area contributed by atoms with Gasteiger partial charge in [0, 0.05) is 26.9 Å². The summed E-state index contributed by atoms with van der Waals surface area (Å²) in [7, 11) is 3.28. The van der Waals surface area contributed by atoms with Crippen molar-refractivity contribution in [3.8, 4) is 0 Å². The molecule has 3 amide bonds. The molecule has 0 aliphatic carbocycles. The van der Waals surface area contributed by atoms with Crippen LogP contribution in [0.5, 0.6) is 0 Å². The zero-order chi connectivity index (χ0) is 30.4. The topological polar surface area (TPSA) is 123 Å². The maximum atomic E-state index is 14.3. The molecule has 3 aromatic carbocycles. The normalized spacial score (nSPS) is 13.2. The number of benzene rings is 3. The molecule has 0 fully saturated rings. The van der Waals surface area contributed by atoms with Gasteiger partial charge in [-0.05, 0) is 33.4 Å². The molecule has 9 heteroatoms. The van der Waals surface area contributed by atoms with Crippen LogP contribution in [-0.4, -0.2) is 57.9 Å². The second-order valence-corrected chi connectivity index (χ2v) is 11.5. The fraction of sp³-hybridized carbons (Fsp3) is 0.303. The van der Waals surface area contributed by atoms with Crippen LogP contribution >= 0.6 is 0 Å². The number of hydrogen-bond donors (Lipinski definition) is 1. The molecule has 218 valence electrons. The van der Waals surface area contributed by atoms with Gasteiger partial charge in [-0.3, -0.25) is 14.4 Å². The molecule has 0 saturated carbocycles. The van der Waals surface area contributed by atoms with E-state index in [1.54, 1.807) is 14.1 Å². The third-order valence-electron chi connectivity index (χ3n) is 7.09. The monoisotopic (exact) mass is 567 g/mol. The predicted octanol–water partition coefficient (Wildman–Crippen LogP) is 4.74. The fourth-order valence-corrected chi connectivity index (χ4v) is 4.66.